The van der Waals surface area contributed by atoms with Crippen molar-refractivity contribution in [2.75, 3.05) is 51.3 Å². The second-order valence-corrected chi connectivity index (χ2v) is 7.50. The molecule has 2 aliphatic rings. The van der Waals surface area contributed by atoms with Crippen LogP contribution in [0.15, 0.2) is 54.4 Å². The Bertz CT molecular complexity index is 970. The first-order valence-corrected chi connectivity index (χ1v) is 10.4. The highest BCUT2D eigenvalue weighted by atomic mass is 19.1. The molecule has 0 spiro atoms. The molecule has 0 radical (unpaired) electrons. The van der Waals surface area contributed by atoms with Gasteiger partial charge in [-0.1, -0.05) is 18.2 Å². The van der Waals surface area contributed by atoms with E-state index in [2.05, 4.69) is 9.88 Å². The maximum absolute atomic E-state index is 13.5. The highest BCUT2D eigenvalue weighted by Crippen LogP contribution is 2.32. The summed E-state index contributed by atoms with van der Waals surface area (Å²) >= 11 is 0. The highest BCUT2D eigenvalue weighted by molar-refractivity contribution is 6.35. The summed E-state index contributed by atoms with van der Waals surface area (Å²) in [6.45, 7) is 3.28. The van der Waals surface area contributed by atoms with Gasteiger partial charge >= 0.3 is 0 Å². The van der Waals surface area contributed by atoms with Crippen LogP contribution in [0.1, 0.15) is 12.0 Å². The Morgan fingerprint density at radius 1 is 0.968 bits per heavy atom. The number of aromatic nitrogens is 1. The molecule has 8 heteroatoms. The molecule has 0 unspecified atom stereocenters. The van der Waals surface area contributed by atoms with E-state index in [-0.39, 0.29) is 24.2 Å². The van der Waals surface area contributed by atoms with Crippen LogP contribution in [0.3, 0.4) is 0 Å². The average molecular weight is 424 g/mol. The number of imide groups is 1. The van der Waals surface area contributed by atoms with Crippen molar-refractivity contribution in [1.82, 2.24) is 14.8 Å². The van der Waals surface area contributed by atoms with Crippen LogP contribution in [0, 0.1) is 5.82 Å². The predicted molar refractivity (Wildman–Crippen MR) is 115 cm³/mol. The molecule has 0 bridgehead atoms. The van der Waals surface area contributed by atoms with Gasteiger partial charge in [-0.3, -0.25) is 14.5 Å². The van der Waals surface area contributed by atoms with Gasteiger partial charge in [0.2, 0.25) is 0 Å². The number of halogens is 1. The molecule has 3 heterocycles. The van der Waals surface area contributed by atoms with Gasteiger partial charge in [0, 0.05) is 52.6 Å². The van der Waals surface area contributed by atoms with Crippen LogP contribution in [0.4, 0.5) is 10.2 Å². The van der Waals surface area contributed by atoms with Crippen LogP contribution >= 0.6 is 0 Å². The molecule has 0 atom stereocenters. The monoisotopic (exact) mass is 424 g/mol. The van der Waals surface area contributed by atoms with Crippen LogP contribution in [0.25, 0.3) is 5.57 Å². The number of anilines is 1. The van der Waals surface area contributed by atoms with E-state index < -0.39 is 0 Å². The van der Waals surface area contributed by atoms with Crippen molar-refractivity contribution in [1.29, 1.82) is 0 Å². The first-order chi connectivity index (χ1) is 15.1. The number of ether oxygens (including phenoxy) is 1. The van der Waals surface area contributed by atoms with E-state index in [1.807, 2.05) is 23.1 Å². The average Bonchev–Trinajstić information content (AvgIpc) is 3.05. The number of hydrogen-bond donors (Lipinski definition) is 0. The predicted octanol–water partition coefficient (Wildman–Crippen LogP) is 2.16. The molecule has 1 fully saturated rings. The van der Waals surface area contributed by atoms with Gasteiger partial charge in [-0.05, 0) is 36.2 Å². The molecule has 162 valence electrons. The lowest BCUT2D eigenvalue weighted by Gasteiger charge is -2.37. The smallest absolute Gasteiger partial charge is 0.277 e. The molecule has 1 saturated heterocycles. The fraction of sp³-hybridized carbons (Fsp3) is 0.348. The first kappa shape index (κ1) is 21.0. The maximum atomic E-state index is 13.5. The van der Waals surface area contributed by atoms with Crippen LogP contribution in [-0.2, 0) is 14.3 Å². The van der Waals surface area contributed by atoms with E-state index in [0.29, 0.717) is 56.0 Å². The molecule has 2 aliphatic heterocycles. The Morgan fingerprint density at radius 3 is 2.32 bits per heavy atom. The standard InChI is InChI=1S/C23H25FN4O3/c1-31-16-4-11-28-22(29)20(17-6-8-18(24)9-7-17)21(23(28)30)27-14-12-26(13-15-27)19-5-2-3-10-25-19/h2-3,5-10H,4,11-16H2,1H3. The van der Waals surface area contributed by atoms with Gasteiger partial charge in [-0.2, -0.15) is 0 Å². The van der Waals surface area contributed by atoms with Gasteiger partial charge in [0.05, 0.1) is 5.57 Å². The van der Waals surface area contributed by atoms with E-state index in [1.54, 1.807) is 25.4 Å². The summed E-state index contributed by atoms with van der Waals surface area (Å²) < 4.78 is 18.5. The molecule has 31 heavy (non-hydrogen) atoms. The molecule has 0 saturated carbocycles. The van der Waals surface area contributed by atoms with Crippen LogP contribution < -0.4 is 4.90 Å². The van der Waals surface area contributed by atoms with E-state index in [0.717, 1.165) is 5.82 Å². The van der Waals surface area contributed by atoms with Crippen molar-refractivity contribution in [2.24, 2.45) is 0 Å². The summed E-state index contributed by atoms with van der Waals surface area (Å²) in [5.41, 5.74) is 1.29. The second kappa shape index (κ2) is 9.26. The van der Waals surface area contributed by atoms with Crippen LogP contribution in [0.2, 0.25) is 0 Å². The fourth-order valence-electron chi connectivity index (χ4n) is 4.00. The summed E-state index contributed by atoms with van der Waals surface area (Å²) in [6.07, 6.45) is 2.32. The third kappa shape index (κ3) is 4.29. The third-order valence-corrected chi connectivity index (χ3v) is 5.58. The lowest BCUT2D eigenvalue weighted by Crippen LogP contribution is -2.48. The van der Waals surface area contributed by atoms with Gasteiger partial charge < -0.3 is 14.5 Å². The minimum Gasteiger partial charge on any atom is -0.385 e. The summed E-state index contributed by atoms with van der Waals surface area (Å²) in [6, 6.07) is 11.5. The third-order valence-electron chi connectivity index (χ3n) is 5.58. The lowest BCUT2D eigenvalue weighted by atomic mass is 10.0. The Hall–Kier alpha value is -3.26. The quantitative estimate of drug-likeness (QED) is 0.501. The maximum Gasteiger partial charge on any atom is 0.277 e. The number of carbonyl (C=O) groups excluding carboxylic acids is 2. The van der Waals surface area contributed by atoms with Gasteiger partial charge in [0.15, 0.2) is 0 Å². The molecule has 1 aromatic carbocycles. The Labute approximate surface area is 180 Å². The largest absolute Gasteiger partial charge is 0.385 e. The normalized spacial score (nSPS) is 17.2. The number of hydrogen-bond acceptors (Lipinski definition) is 6. The zero-order valence-electron chi connectivity index (χ0n) is 17.5. The SMILES string of the molecule is COCCCN1C(=O)C(c2ccc(F)cc2)=C(N2CCN(c3ccccn3)CC2)C1=O. The Morgan fingerprint density at radius 2 is 1.68 bits per heavy atom. The molecule has 2 amide bonds. The first-order valence-electron chi connectivity index (χ1n) is 10.4. The lowest BCUT2D eigenvalue weighted by molar-refractivity contribution is -0.137. The minimum atomic E-state index is -0.386. The number of benzene rings is 1. The minimum absolute atomic E-state index is 0.285. The molecule has 0 aliphatic carbocycles. The molecule has 2 aromatic rings. The van der Waals surface area contributed by atoms with Gasteiger partial charge in [-0.15, -0.1) is 0 Å². The molecule has 0 N–H and O–H groups in total. The number of carbonyl (C=O) groups is 2. The molecular formula is C23H25FN4O3. The molecule has 4 rings (SSSR count). The Kier molecular flexibility index (Phi) is 6.27. The number of methoxy groups -OCH3 is 1. The van der Waals surface area contributed by atoms with Crippen molar-refractivity contribution in [3.8, 4) is 0 Å². The topological polar surface area (TPSA) is 66.0 Å². The van der Waals surface area contributed by atoms with Gasteiger partial charge in [0.1, 0.15) is 17.3 Å². The number of nitrogens with zero attached hydrogens (tertiary/aromatic N) is 4. The van der Waals surface area contributed by atoms with E-state index in [1.165, 1.54) is 17.0 Å². The summed E-state index contributed by atoms with van der Waals surface area (Å²) in [5.74, 6) is -0.130. The number of piperazine rings is 1. The zero-order chi connectivity index (χ0) is 21.8. The van der Waals surface area contributed by atoms with E-state index in [9.17, 15) is 14.0 Å². The van der Waals surface area contributed by atoms with E-state index in [4.69, 9.17) is 4.74 Å². The van der Waals surface area contributed by atoms with Crippen molar-refractivity contribution >= 4 is 23.2 Å². The van der Waals surface area contributed by atoms with Crippen molar-refractivity contribution in [3.63, 3.8) is 0 Å². The molecular weight excluding hydrogens is 399 g/mol. The summed E-state index contributed by atoms with van der Waals surface area (Å²) in [7, 11) is 1.59. The summed E-state index contributed by atoms with van der Waals surface area (Å²) in [4.78, 5) is 36.3. The second-order valence-electron chi connectivity index (χ2n) is 7.50. The number of amides is 2. The van der Waals surface area contributed by atoms with Crippen molar-refractivity contribution in [3.05, 3.63) is 65.7 Å². The molecule has 1 aromatic heterocycles. The zero-order valence-corrected chi connectivity index (χ0v) is 17.5. The van der Waals surface area contributed by atoms with Crippen molar-refractivity contribution in [2.45, 2.75) is 6.42 Å². The Balaban J connectivity index is 1.60. The van der Waals surface area contributed by atoms with Gasteiger partial charge in [0.25, 0.3) is 11.8 Å². The fourth-order valence-corrected chi connectivity index (χ4v) is 4.00. The van der Waals surface area contributed by atoms with Crippen LogP contribution in [-0.4, -0.2) is 73.0 Å². The van der Waals surface area contributed by atoms with Crippen molar-refractivity contribution < 1.29 is 18.7 Å². The van der Waals surface area contributed by atoms with Crippen LogP contribution in [0.5, 0.6) is 0 Å². The summed E-state index contributed by atoms with van der Waals surface area (Å²) in [5, 5.41) is 0. The molecule has 7 nitrogen and oxygen atoms in total. The number of pyridine rings is 1. The number of rotatable bonds is 7. The van der Waals surface area contributed by atoms with Gasteiger partial charge in [-0.25, -0.2) is 9.37 Å². The highest BCUT2D eigenvalue weighted by Gasteiger charge is 2.41. The van der Waals surface area contributed by atoms with E-state index >= 15 is 0 Å².